The molecule has 1 amide bonds. The van der Waals surface area contributed by atoms with Crippen LogP contribution in [0.3, 0.4) is 0 Å². The summed E-state index contributed by atoms with van der Waals surface area (Å²) < 4.78 is 1.23. The molecule has 1 aliphatic carbocycles. The molecule has 26 heavy (non-hydrogen) atoms. The number of nitrogens with one attached hydrogen (secondary N) is 1. The Morgan fingerprint density at radius 3 is 3.12 bits per heavy atom. The van der Waals surface area contributed by atoms with Crippen LogP contribution in [0.2, 0.25) is 0 Å². The number of aromatic nitrogens is 4. The standard InChI is InChI=1S/C18H19N5O2S/c1-11-6-7-14-15(10-11)26-18(19-14)20-16(24)8-9-23-17(25)12-4-2-3-5-13(12)21-22-23/h2-5,11H,6-10H2,1H3,(H,19,20,24)/t11-/m0/s1. The molecule has 1 N–H and O–H groups in total. The molecule has 8 heteroatoms. The molecule has 7 nitrogen and oxygen atoms in total. The maximum Gasteiger partial charge on any atom is 0.277 e. The van der Waals surface area contributed by atoms with Gasteiger partial charge in [-0.3, -0.25) is 9.59 Å². The molecule has 4 rings (SSSR count). The molecule has 0 unspecified atom stereocenters. The van der Waals surface area contributed by atoms with E-state index in [-0.39, 0.29) is 24.4 Å². The van der Waals surface area contributed by atoms with Crippen molar-refractivity contribution in [1.82, 2.24) is 20.0 Å². The van der Waals surface area contributed by atoms with Crippen molar-refractivity contribution in [1.29, 1.82) is 0 Å². The largest absolute Gasteiger partial charge is 0.302 e. The van der Waals surface area contributed by atoms with Crippen molar-refractivity contribution in [2.24, 2.45) is 5.92 Å². The summed E-state index contributed by atoms with van der Waals surface area (Å²) in [5.74, 6) is 0.496. The Morgan fingerprint density at radius 2 is 2.23 bits per heavy atom. The summed E-state index contributed by atoms with van der Waals surface area (Å²) in [6.45, 7) is 2.42. The summed E-state index contributed by atoms with van der Waals surface area (Å²) in [6.07, 6.45) is 3.30. The van der Waals surface area contributed by atoms with Crippen molar-refractivity contribution in [3.8, 4) is 0 Å². The molecule has 2 aromatic heterocycles. The number of amides is 1. The van der Waals surface area contributed by atoms with Gasteiger partial charge in [-0.25, -0.2) is 9.67 Å². The Morgan fingerprint density at radius 1 is 1.38 bits per heavy atom. The summed E-state index contributed by atoms with van der Waals surface area (Å²) in [6, 6.07) is 7.05. The highest BCUT2D eigenvalue weighted by Crippen LogP contribution is 2.32. The predicted molar refractivity (Wildman–Crippen MR) is 100 cm³/mol. The molecule has 1 atom stereocenters. The van der Waals surface area contributed by atoms with Gasteiger partial charge in [-0.05, 0) is 37.3 Å². The minimum Gasteiger partial charge on any atom is -0.302 e. The summed E-state index contributed by atoms with van der Waals surface area (Å²) >= 11 is 1.55. The maximum atomic E-state index is 12.4. The Labute approximate surface area is 154 Å². The number of anilines is 1. The molecule has 134 valence electrons. The summed E-state index contributed by atoms with van der Waals surface area (Å²) in [5, 5.41) is 11.9. The Hall–Kier alpha value is -2.61. The van der Waals surface area contributed by atoms with Crippen LogP contribution in [0.5, 0.6) is 0 Å². The van der Waals surface area contributed by atoms with E-state index >= 15 is 0 Å². The molecule has 1 aliphatic rings. The number of benzene rings is 1. The maximum absolute atomic E-state index is 12.4. The van der Waals surface area contributed by atoms with E-state index in [4.69, 9.17) is 0 Å². The lowest BCUT2D eigenvalue weighted by molar-refractivity contribution is -0.116. The summed E-state index contributed by atoms with van der Waals surface area (Å²) in [4.78, 5) is 30.4. The quantitative estimate of drug-likeness (QED) is 0.763. The molecule has 0 fully saturated rings. The van der Waals surface area contributed by atoms with Crippen molar-refractivity contribution >= 4 is 33.3 Å². The van der Waals surface area contributed by atoms with E-state index in [1.54, 1.807) is 29.5 Å². The third kappa shape index (κ3) is 3.37. The first kappa shape index (κ1) is 16.8. The number of carbonyl (C=O) groups excluding carboxylic acids is 1. The normalized spacial score (nSPS) is 16.4. The molecule has 0 bridgehead atoms. The zero-order valence-electron chi connectivity index (χ0n) is 14.4. The predicted octanol–water partition coefficient (Wildman–Crippen LogP) is 2.40. The van der Waals surface area contributed by atoms with Gasteiger partial charge in [0, 0.05) is 11.3 Å². The SMILES string of the molecule is C[C@H]1CCc2nc(NC(=O)CCn3nnc4ccccc4c3=O)sc2C1. The van der Waals surface area contributed by atoms with E-state index in [9.17, 15) is 9.59 Å². The average molecular weight is 369 g/mol. The van der Waals surface area contributed by atoms with E-state index < -0.39 is 0 Å². The van der Waals surface area contributed by atoms with Crippen LogP contribution in [-0.2, 0) is 24.2 Å². The lowest BCUT2D eigenvalue weighted by Gasteiger charge is -2.15. The number of hydrogen-bond acceptors (Lipinski definition) is 6. The molecule has 0 saturated heterocycles. The lowest BCUT2D eigenvalue weighted by atomic mass is 9.93. The zero-order chi connectivity index (χ0) is 18.1. The average Bonchev–Trinajstić information content (AvgIpc) is 3.02. The molecule has 0 aliphatic heterocycles. The summed E-state index contributed by atoms with van der Waals surface area (Å²) in [5.41, 5.74) is 1.43. The van der Waals surface area contributed by atoms with Gasteiger partial charge in [-0.2, -0.15) is 0 Å². The van der Waals surface area contributed by atoms with Gasteiger partial charge < -0.3 is 5.32 Å². The molecular weight excluding hydrogens is 350 g/mol. The van der Waals surface area contributed by atoms with E-state index in [2.05, 4.69) is 27.5 Å². The van der Waals surface area contributed by atoms with Crippen molar-refractivity contribution in [3.63, 3.8) is 0 Å². The van der Waals surface area contributed by atoms with Crippen LogP contribution in [0.25, 0.3) is 10.9 Å². The molecular formula is C18H19N5O2S. The second-order valence-corrected chi connectivity index (χ2v) is 7.75. The number of aryl methyl sites for hydroxylation is 2. The van der Waals surface area contributed by atoms with Gasteiger partial charge in [-0.1, -0.05) is 24.3 Å². The van der Waals surface area contributed by atoms with Crippen LogP contribution in [0.15, 0.2) is 29.1 Å². The number of nitrogens with zero attached hydrogens (tertiary/aromatic N) is 4. The third-order valence-corrected chi connectivity index (χ3v) is 5.65. The first-order chi connectivity index (χ1) is 12.6. The second kappa shape index (κ2) is 6.95. The van der Waals surface area contributed by atoms with Crippen LogP contribution >= 0.6 is 11.3 Å². The first-order valence-electron chi connectivity index (χ1n) is 8.71. The van der Waals surface area contributed by atoms with Gasteiger partial charge in [0.15, 0.2) is 5.13 Å². The fourth-order valence-corrected chi connectivity index (χ4v) is 4.34. The van der Waals surface area contributed by atoms with Crippen molar-refractivity contribution in [2.45, 2.75) is 39.2 Å². The van der Waals surface area contributed by atoms with Crippen molar-refractivity contribution in [2.75, 3.05) is 5.32 Å². The molecule has 0 radical (unpaired) electrons. The van der Waals surface area contributed by atoms with Gasteiger partial charge in [-0.15, -0.1) is 16.4 Å². The second-order valence-electron chi connectivity index (χ2n) is 6.67. The zero-order valence-corrected chi connectivity index (χ0v) is 15.3. The van der Waals surface area contributed by atoms with E-state index in [1.165, 1.54) is 9.56 Å². The minimum atomic E-state index is -0.234. The molecule has 2 heterocycles. The molecule has 1 aromatic carbocycles. The Balaban J connectivity index is 1.42. The van der Waals surface area contributed by atoms with Gasteiger partial charge >= 0.3 is 0 Å². The topological polar surface area (TPSA) is 89.8 Å². The van der Waals surface area contributed by atoms with Crippen LogP contribution in [-0.4, -0.2) is 25.9 Å². The number of hydrogen-bond donors (Lipinski definition) is 1. The van der Waals surface area contributed by atoms with Crippen LogP contribution in [0, 0.1) is 5.92 Å². The first-order valence-corrected chi connectivity index (χ1v) is 9.53. The van der Waals surface area contributed by atoms with Crippen molar-refractivity contribution in [3.05, 3.63) is 45.2 Å². The molecule has 3 aromatic rings. The van der Waals surface area contributed by atoms with E-state index in [0.717, 1.165) is 25.0 Å². The number of carbonyl (C=O) groups is 1. The lowest BCUT2D eigenvalue weighted by Crippen LogP contribution is -2.26. The summed E-state index contributed by atoms with van der Waals surface area (Å²) in [7, 11) is 0. The number of thiazole rings is 1. The smallest absolute Gasteiger partial charge is 0.277 e. The fraction of sp³-hybridized carbons (Fsp3) is 0.389. The number of fused-ring (bicyclic) bond motifs is 2. The highest BCUT2D eigenvalue weighted by Gasteiger charge is 2.20. The van der Waals surface area contributed by atoms with E-state index in [1.807, 2.05) is 6.07 Å². The third-order valence-electron chi connectivity index (χ3n) is 4.61. The molecule has 0 spiro atoms. The van der Waals surface area contributed by atoms with Crippen LogP contribution in [0.1, 0.15) is 30.3 Å². The monoisotopic (exact) mass is 369 g/mol. The van der Waals surface area contributed by atoms with E-state index in [0.29, 0.717) is 22.0 Å². The highest BCUT2D eigenvalue weighted by molar-refractivity contribution is 7.15. The fourth-order valence-electron chi connectivity index (χ4n) is 3.15. The van der Waals surface area contributed by atoms with Crippen molar-refractivity contribution < 1.29 is 4.79 Å². The van der Waals surface area contributed by atoms with Crippen LogP contribution in [0.4, 0.5) is 5.13 Å². The minimum absolute atomic E-state index is 0.146. The van der Waals surface area contributed by atoms with Gasteiger partial charge in [0.1, 0.15) is 5.52 Å². The Bertz CT molecular complexity index is 1030. The highest BCUT2D eigenvalue weighted by atomic mass is 32.1. The number of rotatable bonds is 4. The van der Waals surface area contributed by atoms with Crippen LogP contribution < -0.4 is 10.9 Å². The van der Waals surface area contributed by atoms with Gasteiger partial charge in [0.2, 0.25) is 5.91 Å². The Kier molecular flexibility index (Phi) is 4.50. The molecule has 0 saturated carbocycles. The van der Waals surface area contributed by atoms with Gasteiger partial charge in [0.25, 0.3) is 5.56 Å². The van der Waals surface area contributed by atoms with Gasteiger partial charge in [0.05, 0.1) is 17.6 Å².